The molecule has 1 aromatic rings. The first-order valence-corrected chi connectivity index (χ1v) is 6.70. The molecule has 0 aromatic heterocycles. The lowest BCUT2D eigenvalue weighted by Crippen LogP contribution is -2.41. The lowest BCUT2D eigenvalue weighted by Gasteiger charge is -2.15. The third kappa shape index (κ3) is 5.75. The van der Waals surface area contributed by atoms with Crippen molar-refractivity contribution in [3.8, 4) is 0 Å². The molecule has 0 fully saturated rings. The maximum atomic E-state index is 11.6. The summed E-state index contributed by atoms with van der Waals surface area (Å²) in [6.45, 7) is 3.66. The average Bonchev–Trinajstić information content (AvgIpc) is 2.38. The molecule has 5 heteroatoms. The summed E-state index contributed by atoms with van der Waals surface area (Å²) < 4.78 is 0. The van der Waals surface area contributed by atoms with E-state index in [2.05, 4.69) is 10.6 Å². The standard InChI is InChI=1S/C14H19ClN2O2/c1-3-13(18)16-9-14(19)17-10(2)8-11-6-4-5-7-12(11)15/h4-7,10H,3,8-9H2,1-2H3,(H,16,18)(H,17,19). The van der Waals surface area contributed by atoms with Gasteiger partial charge in [0.2, 0.25) is 11.8 Å². The monoisotopic (exact) mass is 282 g/mol. The zero-order chi connectivity index (χ0) is 14.3. The molecule has 0 aliphatic carbocycles. The van der Waals surface area contributed by atoms with Crippen LogP contribution in [0.2, 0.25) is 5.02 Å². The van der Waals surface area contributed by atoms with E-state index in [1.165, 1.54) is 0 Å². The predicted molar refractivity (Wildman–Crippen MR) is 76.1 cm³/mol. The van der Waals surface area contributed by atoms with Crippen LogP contribution in [-0.4, -0.2) is 24.4 Å². The van der Waals surface area contributed by atoms with E-state index in [4.69, 9.17) is 11.6 Å². The second kappa shape index (κ2) is 7.79. The summed E-state index contributed by atoms with van der Waals surface area (Å²) in [6, 6.07) is 7.51. The highest BCUT2D eigenvalue weighted by molar-refractivity contribution is 6.31. The Morgan fingerprint density at radius 3 is 2.58 bits per heavy atom. The molecule has 1 aromatic carbocycles. The van der Waals surface area contributed by atoms with E-state index in [0.29, 0.717) is 17.9 Å². The van der Waals surface area contributed by atoms with Crippen LogP contribution in [-0.2, 0) is 16.0 Å². The van der Waals surface area contributed by atoms with Crippen LogP contribution in [0.3, 0.4) is 0 Å². The summed E-state index contributed by atoms with van der Waals surface area (Å²) in [6.07, 6.45) is 1.04. The van der Waals surface area contributed by atoms with Gasteiger partial charge in [-0.3, -0.25) is 9.59 Å². The number of benzene rings is 1. The van der Waals surface area contributed by atoms with Gasteiger partial charge in [0.1, 0.15) is 0 Å². The molecule has 0 radical (unpaired) electrons. The third-order valence-corrected chi connectivity index (χ3v) is 3.03. The molecule has 0 aliphatic rings. The van der Waals surface area contributed by atoms with Crippen molar-refractivity contribution in [1.82, 2.24) is 10.6 Å². The van der Waals surface area contributed by atoms with E-state index in [0.717, 1.165) is 5.56 Å². The van der Waals surface area contributed by atoms with Gasteiger partial charge < -0.3 is 10.6 Å². The first kappa shape index (κ1) is 15.5. The normalized spacial score (nSPS) is 11.7. The quantitative estimate of drug-likeness (QED) is 0.837. The number of amides is 2. The molecule has 0 aliphatic heterocycles. The van der Waals surface area contributed by atoms with Gasteiger partial charge in [-0.05, 0) is 25.0 Å². The number of carbonyl (C=O) groups is 2. The lowest BCUT2D eigenvalue weighted by molar-refractivity contribution is -0.126. The molecule has 2 amide bonds. The number of nitrogens with one attached hydrogen (secondary N) is 2. The van der Waals surface area contributed by atoms with Gasteiger partial charge in [-0.25, -0.2) is 0 Å². The first-order valence-electron chi connectivity index (χ1n) is 6.32. The largest absolute Gasteiger partial charge is 0.352 e. The minimum Gasteiger partial charge on any atom is -0.352 e. The number of hydrogen-bond acceptors (Lipinski definition) is 2. The van der Waals surface area contributed by atoms with Crippen molar-refractivity contribution in [3.05, 3.63) is 34.9 Å². The summed E-state index contributed by atoms with van der Waals surface area (Å²) in [4.78, 5) is 22.6. The molecule has 1 rings (SSSR count). The minimum absolute atomic E-state index is 0.0134. The van der Waals surface area contributed by atoms with Crippen LogP contribution in [0.5, 0.6) is 0 Å². The Morgan fingerprint density at radius 1 is 1.26 bits per heavy atom. The van der Waals surface area contributed by atoms with E-state index in [-0.39, 0.29) is 24.4 Å². The molecule has 0 spiro atoms. The third-order valence-electron chi connectivity index (χ3n) is 2.66. The van der Waals surface area contributed by atoms with Crippen LogP contribution in [0.15, 0.2) is 24.3 Å². The molecule has 0 saturated carbocycles. The highest BCUT2D eigenvalue weighted by atomic mass is 35.5. The number of hydrogen-bond donors (Lipinski definition) is 2. The fraction of sp³-hybridized carbons (Fsp3) is 0.429. The van der Waals surface area contributed by atoms with Gasteiger partial charge in [0, 0.05) is 17.5 Å². The summed E-state index contributed by atoms with van der Waals surface area (Å²) >= 11 is 6.06. The summed E-state index contributed by atoms with van der Waals surface area (Å²) in [5.41, 5.74) is 0.995. The van der Waals surface area contributed by atoms with Crippen molar-refractivity contribution in [2.24, 2.45) is 0 Å². The number of carbonyl (C=O) groups excluding carboxylic acids is 2. The SMILES string of the molecule is CCC(=O)NCC(=O)NC(C)Cc1ccccc1Cl. The van der Waals surface area contributed by atoms with Crippen molar-refractivity contribution >= 4 is 23.4 Å². The Hall–Kier alpha value is -1.55. The zero-order valence-corrected chi connectivity index (χ0v) is 12.0. The molecule has 1 atom stereocenters. The van der Waals surface area contributed by atoms with Crippen LogP contribution in [0.4, 0.5) is 0 Å². The van der Waals surface area contributed by atoms with Crippen LogP contribution in [0.1, 0.15) is 25.8 Å². The van der Waals surface area contributed by atoms with Crippen molar-refractivity contribution in [3.63, 3.8) is 0 Å². The second-order valence-corrected chi connectivity index (χ2v) is 4.80. The van der Waals surface area contributed by atoms with Gasteiger partial charge in [0.05, 0.1) is 6.54 Å². The topological polar surface area (TPSA) is 58.2 Å². The summed E-state index contributed by atoms with van der Waals surface area (Å²) in [5, 5.41) is 6.06. The summed E-state index contributed by atoms with van der Waals surface area (Å²) in [5.74, 6) is -0.324. The van der Waals surface area contributed by atoms with E-state index in [9.17, 15) is 9.59 Å². The van der Waals surface area contributed by atoms with Crippen molar-refractivity contribution in [2.75, 3.05) is 6.54 Å². The van der Waals surface area contributed by atoms with E-state index < -0.39 is 0 Å². The fourth-order valence-electron chi connectivity index (χ4n) is 1.67. The van der Waals surface area contributed by atoms with E-state index in [1.54, 1.807) is 6.92 Å². The molecule has 104 valence electrons. The predicted octanol–water partition coefficient (Wildman–Crippen LogP) is 1.91. The highest BCUT2D eigenvalue weighted by Gasteiger charge is 2.10. The Morgan fingerprint density at radius 2 is 1.95 bits per heavy atom. The molecule has 0 heterocycles. The van der Waals surface area contributed by atoms with Gasteiger partial charge in [-0.15, -0.1) is 0 Å². The van der Waals surface area contributed by atoms with Gasteiger partial charge in [-0.2, -0.15) is 0 Å². The Balaban J connectivity index is 2.39. The molecule has 0 saturated heterocycles. The Bertz CT molecular complexity index is 449. The Kier molecular flexibility index (Phi) is 6.36. The molecule has 19 heavy (non-hydrogen) atoms. The average molecular weight is 283 g/mol. The van der Waals surface area contributed by atoms with E-state index >= 15 is 0 Å². The molecule has 4 nitrogen and oxygen atoms in total. The number of rotatable bonds is 6. The number of halogens is 1. The minimum atomic E-state index is -0.193. The maximum Gasteiger partial charge on any atom is 0.239 e. The van der Waals surface area contributed by atoms with Crippen LogP contribution in [0, 0.1) is 0 Å². The van der Waals surface area contributed by atoms with Crippen molar-refractivity contribution < 1.29 is 9.59 Å². The van der Waals surface area contributed by atoms with Gasteiger partial charge >= 0.3 is 0 Å². The maximum absolute atomic E-state index is 11.6. The molecular formula is C14H19ClN2O2. The van der Waals surface area contributed by atoms with E-state index in [1.807, 2.05) is 31.2 Å². The highest BCUT2D eigenvalue weighted by Crippen LogP contribution is 2.16. The van der Waals surface area contributed by atoms with Crippen molar-refractivity contribution in [1.29, 1.82) is 0 Å². The second-order valence-electron chi connectivity index (χ2n) is 4.39. The lowest BCUT2D eigenvalue weighted by atomic mass is 10.1. The zero-order valence-electron chi connectivity index (χ0n) is 11.2. The first-order chi connectivity index (χ1) is 9.02. The van der Waals surface area contributed by atoms with Gasteiger partial charge in [0.15, 0.2) is 0 Å². The fourth-order valence-corrected chi connectivity index (χ4v) is 1.89. The summed E-state index contributed by atoms with van der Waals surface area (Å²) in [7, 11) is 0. The molecular weight excluding hydrogens is 264 g/mol. The van der Waals surface area contributed by atoms with Gasteiger partial charge in [0.25, 0.3) is 0 Å². The molecule has 2 N–H and O–H groups in total. The van der Waals surface area contributed by atoms with Crippen LogP contribution < -0.4 is 10.6 Å². The van der Waals surface area contributed by atoms with Crippen LogP contribution in [0.25, 0.3) is 0 Å². The molecule has 1 unspecified atom stereocenters. The van der Waals surface area contributed by atoms with Crippen molar-refractivity contribution in [2.45, 2.75) is 32.7 Å². The smallest absolute Gasteiger partial charge is 0.239 e. The van der Waals surface area contributed by atoms with Crippen LogP contribution >= 0.6 is 11.6 Å². The van der Waals surface area contributed by atoms with Gasteiger partial charge in [-0.1, -0.05) is 36.7 Å². The molecule has 0 bridgehead atoms. The Labute approximate surface area is 118 Å².